The van der Waals surface area contributed by atoms with Gasteiger partial charge in [0.25, 0.3) is 0 Å². The Morgan fingerprint density at radius 2 is 1.31 bits per heavy atom. The third-order valence-corrected chi connectivity index (χ3v) is 1.29. The minimum atomic E-state index is 0. The van der Waals surface area contributed by atoms with Crippen molar-refractivity contribution in [1.29, 1.82) is 0 Å². The molecule has 4 nitrogen and oxygen atoms in total. The van der Waals surface area contributed by atoms with Crippen LogP contribution < -0.4 is 0 Å². The maximum Gasteiger partial charge on any atom is 3.00 e. The summed E-state index contributed by atoms with van der Waals surface area (Å²) < 4.78 is 0. The molecule has 5 heteroatoms. The van der Waals surface area contributed by atoms with Gasteiger partial charge in [0.15, 0.2) is 0 Å². The van der Waals surface area contributed by atoms with Crippen LogP contribution in [0.5, 0.6) is 0 Å². The number of nitrogens with one attached hydrogen (secondary N) is 2. The number of rotatable bonds is 0. The molecule has 0 bridgehead atoms. The summed E-state index contributed by atoms with van der Waals surface area (Å²) >= 11 is 0. The van der Waals surface area contributed by atoms with E-state index in [-0.39, 0.29) is 22.4 Å². The standard InChI is InChI=1S/2C4H5N2.Au/c2*5-4-2-1-3-6-4;/h2*1,3H,2H2,(H-,5,6);/q2*-1;+3. The monoisotopic (exact) mass is 359 g/mol. The van der Waals surface area contributed by atoms with Gasteiger partial charge in [0.05, 0.1) is 0 Å². The molecular weight excluding hydrogens is 349 g/mol. The second kappa shape index (κ2) is 6.65. The van der Waals surface area contributed by atoms with E-state index in [2.05, 4.69) is 9.98 Å². The van der Waals surface area contributed by atoms with Crippen LogP contribution in [0.4, 0.5) is 0 Å². The summed E-state index contributed by atoms with van der Waals surface area (Å²) in [5.74, 6) is 0.935. The molecule has 0 aliphatic carbocycles. The molecule has 0 aromatic carbocycles. The summed E-state index contributed by atoms with van der Waals surface area (Å²) in [7, 11) is 0. The molecule has 2 aliphatic heterocycles. The molecule has 72 valence electrons. The van der Waals surface area contributed by atoms with Crippen molar-refractivity contribution in [3.05, 3.63) is 36.0 Å². The Hall–Kier alpha value is -0.840. The van der Waals surface area contributed by atoms with Gasteiger partial charge in [-0.3, -0.25) is 0 Å². The molecule has 0 aromatic heterocycles. The van der Waals surface area contributed by atoms with Gasteiger partial charge < -0.3 is 21.5 Å². The normalized spacial score (nSPS) is 16.9. The van der Waals surface area contributed by atoms with Crippen LogP contribution in [0.2, 0.25) is 0 Å². The fourth-order valence-corrected chi connectivity index (χ4v) is 0.719. The largest absolute Gasteiger partial charge is 3.00 e. The molecule has 0 saturated heterocycles. The minimum absolute atomic E-state index is 0. The second-order valence-corrected chi connectivity index (χ2v) is 2.33. The first kappa shape index (κ1) is 12.2. The minimum Gasteiger partial charge on any atom is -0.485 e. The van der Waals surface area contributed by atoms with Crippen LogP contribution in [-0.4, -0.2) is 11.7 Å². The summed E-state index contributed by atoms with van der Waals surface area (Å²) in [6.45, 7) is 0. The molecule has 0 saturated carbocycles. The second-order valence-electron chi connectivity index (χ2n) is 2.33. The fraction of sp³-hybridized carbons (Fsp3) is 0.250. The molecule has 0 amide bonds. The predicted octanol–water partition coefficient (Wildman–Crippen LogP) is 2.71. The fourth-order valence-electron chi connectivity index (χ4n) is 0.719. The number of aliphatic imine (C=N–C) groups is 2. The average molecular weight is 359 g/mol. The van der Waals surface area contributed by atoms with Crippen LogP contribution in [0.15, 0.2) is 34.5 Å². The number of amidine groups is 2. The van der Waals surface area contributed by atoms with Crippen molar-refractivity contribution in [1.82, 2.24) is 0 Å². The van der Waals surface area contributed by atoms with Crippen LogP contribution in [0, 0.1) is 0 Å². The number of hydrogen-bond donors (Lipinski definition) is 0. The first-order valence-electron chi connectivity index (χ1n) is 3.65. The van der Waals surface area contributed by atoms with E-state index in [9.17, 15) is 0 Å². The van der Waals surface area contributed by atoms with Crippen molar-refractivity contribution >= 4 is 11.7 Å². The zero-order valence-electron chi connectivity index (χ0n) is 6.92. The molecule has 0 fully saturated rings. The van der Waals surface area contributed by atoms with Gasteiger partial charge in [-0.1, -0.05) is 36.2 Å². The van der Waals surface area contributed by atoms with Crippen molar-refractivity contribution in [3.8, 4) is 0 Å². The molecule has 2 N–H and O–H groups in total. The van der Waals surface area contributed by atoms with E-state index < -0.39 is 0 Å². The van der Waals surface area contributed by atoms with E-state index in [1.165, 1.54) is 0 Å². The van der Waals surface area contributed by atoms with E-state index in [4.69, 9.17) is 11.5 Å². The van der Waals surface area contributed by atoms with Crippen molar-refractivity contribution < 1.29 is 22.4 Å². The van der Waals surface area contributed by atoms with E-state index in [1.807, 2.05) is 12.2 Å². The zero-order chi connectivity index (χ0) is 8.81. The smallest absolute Gasteiger partial charge is 0.485 e. The van der Waals surface area contributed by atoms with Crippen molar-refractivity contribution in [2.24, 2.45) is 9.98 Å². The van der Waals surface area contributed by atoms with Crippen LogP contribution in [0.3, 0.4) is 0 Å². The first-order valence-corrected chi connectivity index (χ1v) is 3.65. The number of nitrogens with zero attached hydrogens (tertiary/aromatic N) is 2. The maximum atomic E-state index is 6.82. The summed E-state index contributed by atoms with van der Waals surface area (Å²) in [5.41, 5.74) is 13.6. The first-order chi connectivity index (χ1) is 5.79. The van der Waals surface area contributed by atoms with Gasteiger partial charge >= 0.3 is 22.4 Å². The molecule has 0 aromatic rings. The van der Waals surface area contributed by atoms with Crippen LogP contribution in [0.1, 0.15) is 12.8 Å². The van der Waals surface area contributed by atoms with E-state index in [1.54, 1.807) is 12.4 Å². The summed E-state index contributed by atoms with van der Waals surface area (Å²) in [6.07, 6.45) is 8.48. The predicted molar refractivity (Wildman–Crippen MR) is 51.0 cm³/mol. The molecule has 2 heterocycles. The Morgan fingerprint density at radius 3 is 1.38 bits per heavy atom. The van der Waals surface area contributed by atoms with Crippen molar-refractivity contribution in [2.45, 2.75) is 12.8 Å². The molecule has 0 unspecified atom stereocenters. The van der Waals surface area contributed by atoms with Crippen molar-refractivity contribution in [2.75, 3.05) is 0 Å². The van der Waals surface area contributed by atoms with Gasteiger partial charge in [0.1, 0.15) is 0 Å². The van der Waals surface area contributed by atoms with E-state index >= 15 is 0 Å². The number of hydrogen-bond acceptors (Lipinski definition) is 2. The summed E-state index contributed by atoms with van der Waals surface area (Å²) in [5, 5.41) is 0. The quantitative estimate of drug-likeness (QED) is 0.597. The molecule has 0 atom stereocenters. The Balaban J connectivity index is 0.000000206. The molecule has 0 radical (unpaired) electrons. The third-order valence-electron chi connectivity index (χ3n) is 1.29. The summed E-state index contributed by atoms with van der Waals surface area (Å²) in [6, 6.07) is 0. The topological polar surface area (TPSA) is 72.3 Å². The van der Waals surface area contributed by atoms with Crippen LogP contribution >= 0.6 is 0 Å². The molecular formula is C8H10AuN4+. The van der Waals surface area contributed by atoms with Crippen molar-refractivity contribution in [3.63, 3.8) is 0 Å². The summed E-state index contributed by atoms with van der Waals surface area (Å²) in [4.78, 5) is 7.28. The van der Waals surface area contributed by atoms with Gasteiger partial charge in [-0.2, -0.15) is 0 Å². The molecule has 0 spiro atoms. The average Bonchev–Trinajstić information content (AvgIpc) is 2.63. The van der Waals surface area contributed by atoms with Gasteiger partial charge in [-0.05, 0) is 12.8 Å². The van der Waals surface area contributed by atoms with Gasteiger partial charge in [-0.25, -0.2) is 0 Å². The van der Waals surface area contributed by atoms with Gasteiger partial charge in [0.2, 0.25) is 0 Å². The Labute approximate surface area is 93.0 Å². The van der Waals surface area contributed by atoms with Crippen LogP contribution in [-0.2, 0) is 22.4 Å². The Morgan fingerprint density at radius 1 is 0.923 bits per heavy atom. The SMILES string of the molecule is [Au+3].[NH-]C1=NC=CC1.[NH-]C1=NC=CC1. The third kappa shape index (κ3) is 5.41. The molecule has 13 heavy (non-hydrogen) atoms. The maximum absolute atomic E-state index is 6.82. The molecule has 2 aliphatic rings. The Kier molecular flexibility index (Phi) is 6.22. The Bertz CT molecular complexity index is 237. The molecule has 2 rings (SSSR count). The van der Waals surface area contributed by atoms with E-state index in [0.717, 1.165) is 12.8 Å². The van der Waals surface area contributed by atoms with Crippen LogP contribution in [0.25, 0.3) is 11.5 Å². The van der Waals surface area contributed by atoms with E-state index in [0.29, 0.717) is 11.7 Å². The van der Waals surface area contributed by atoms with Gasteiger partial charge in [0, 0.05) is 0 Å². The van der Waals surface area contributed by atoms with Gasteiger partial charge in [-0.15, -0.1) is 0 Å². The zero-order valence-corrected chi connectivity index (χ0v) is 9.09.